The predicted molar refractivity (Wildman–Crippen MR) is 98.9 cm³/mol. The van der Waals surface area contributed by atoms with E-state index in [0.29, 0.717) is 26.2 Å². The minimum atomic E-state index is -0.413. The minimum Gasteiger partial charge on any atom is -0.391 e. The third-order valence-corrected chi connectivity index (χ3v) is 5.00. The Kier molecular flexibility index (Phi) is 6.81. The van der Waals surface area contributed by atoms with Crippen LogP contribution in [0.4, 0.5) is 5.69 Å². The molecule has 0 spiro atoms. The van der Waals surface area contributed by atoms with E-state index in [1.54, 1.807) is 4.90 Å². The predicted octanol–water partition coefficient (Wildman–Crippen LogP) is 0.720. The summed E-state index contributed by atoms with van der Waals surface area (Å²) < 4.78 is 0. The summed E-state index contributed by atoms with van der Waals surface area (Å²) >= 11 is 0. The van der Waals surface area contributed by atoms with Crippen molar-refractivity contribution in [2.45, 2.75) is 25.9 Å². The number of para-hydroxylation sites is 1. The molecule has 3 rings (SSSR count). The Morgan fingerprint density at radius 1 is 1.36 bits per heavy atom. The van der Waals surface area contributed by atoms with Crippen molar-refractivity contribution in [1.29, 1.82) is 0 Å². The number of aliphatic hydroxyl groups excluding tert-OH is 1. The van der Waals surface area contributed by atoms with Crippen LogP contribution < -0.4 is 15.5 Å². The molecular formula is C18H26ClN3O3. The fraction of sp³-hybridized carbons (Fsp3) is 0.556. The number of β-amino-alcohol motifs (C(OH)–C–C–N with tert-alkyl or cyclic N) is 1. The second kappa shape index (κ2) is 8.65. The Morgan fingerprint density at radius 2 is 2.12 bits per heavy atom. The van der Waals surface area contributed by atoms with E-state index < -0.39 is 6.10 Å². The third-order valence-electron chi connectivity index (χ3n) is 5.00. The van der Waals surface area contributed by atoms with Gasteiger partial charge in [-0.2, -0.15) is 0 Å². The highest BCUT2D eigenvalue weighted by Crippen LogP contribution is 2.28. The standard InChI is InChI=1S/C18H25N3O3.ClH/c1-2-12-5-3-4-6-15(12)21-11-13(7-17(21)23)18(24)20-9-14-8-19-10-16(14)22;/h3-6,13-14,16,19,22H,2,7-11H2,1H3,(H,20,24);1H. The smallest absolute Gasteiger partial charge is 0.227 e. The van der Waals surface area contributed by atoms with Crippen LogP contribution in [0.2, 0.25) is 0 Å². The molecule has 0 bridgehead atoms. The summed E-state index contributed by atoms with van der Waals surface area (Å²) in [6.45, 7) is 4.21. The Balaban J connectivity index is 0.00000225. The van der Waals surface area contributed by atoms with Gasteiger partial charge in [-0.25, -0.2) is 0 Å². The summed E-state index contributed by atoms with van der Waals surface area (Å²) in [5.41, 5.74) is 2.03. The van der Waals surface area contributed by atoms with Crippen molar-refractivity contribution < 1.29 is 14.7 Å². The molecule has 0 aliphatic carbocycles. The van der Waals surface area contributed by atoms with Crippen molar-refractivity contribution in [3.63, 3.8) is 0 Å². The van der Waals surface area contributed by atoms with Gasteiger partial charge in [0.05, 0.1) is 12.0 Å². The maximum Gasteiger partial charge on any atom is 0.227 e. The number of nitrogens with one attached hydrogen (secondary N) is 2. The van der Waals surface area contributed by atoms with Crippen LogP contribution in [0, 0.1) is 11.8 Å². The van der Waals surface area contributed by atoms with Gasteiger partial charge >= 0.3 is 0 Å². The number of hydrogen-bond acceptors (Lipinski definition) is 4. The van der Waals surface area contributed by atoms with E-state index in [0.717, 1.165) is 17.7 Å². The lowest BCUT2D eigenvalue weighted by Crippen LogP contribution is -2.38. The average Bonchev–Trinajstić information content (AvgIpc) is 3.18. The van der Waals surface area contributed by atoms with Crippen molar-refractivity contribution in [1.82, 2.24) is 10.6 Å². The van der Waals surface area contributed by atoms with Crippen LogP contribution in [0.15, 0.2) is 24.3 Å². The molecule has 1 aromatic rings. The summed E-state index contributed by atoms with van der Waals surface area (Å²) in [7, 11) is 0. The summed E-state index contributed by atoms with van der Waals surface area (Å²) in [5.74, 6) is -0.380. The molecule has 0 saturated carbocycles. The van der Waals surface area contributed by atoms with Gasteiger partial charge in [0.1, 0.15) is 0 Å². The first-order chi connectivity index (χ1) is 11.6. The summed E-state index contributed by atoms with van der Waals surface area (Å²) in [4.78, 5) is 26.5. The van der Waals surface area contributed by atoms with E-state index >= 15 is 0 Å². The summed E-state index contributed by atoms with van der Waals surface area (Å²) in [6, 6.07) is 7.85. The van der Waals surface area contributed by atoms with Gasteiger partial charge in [-0.15, -0.1) is 12.4 Å². The zero-order valence-corrected chi connectivity index (χ0v) is 15.2. The Morgan fingerprint density at radius 3 is 2.80 bits per heavy atom. The van der Waals surface area contributed by atoms with Crippen LogP contribution in [0.3, 0.4) is 0 Å². The van der Waals surface area contributed by atoms with Gasteiger partial charge in [0.15, 0.2) is 0 Å². The molecule has 1 aromatic carbocycles. The molecule has 2 amide bonds. The quantitative estimate of drug-likeness (QED) is 0.716. The first kappa shape index (κ1) is 19.7. The van der Waals surface area contributed by atoms with Gasteiger partial charge in [-0.1, -0.05) is 25.1 Å². The second-order valence-electron chi connectivity index (χ2n) is 6.62. The molecule has 2 saturated heterocycles. The lowest BCUT2D eigenvalue weighted by molar-refractivity contribution is -0.126. The maximum atomic E-state index is 12.4. The monoisotopic (exact) mass is 367 g/mol. The van der Waals surface area contributed by atoms with Crippen molar-refractivity contribution in [3.05, 3.63) is 29.8 Å². The van der Waals surface area contributed by atoms with Crippen molar-refractivity contribution in [3.8, 4) is 0 Å². The van der Waals surface area contributed by atoms with Gasteiger partial charge in [-0.3, -0.25) is 9.59 Å². The molecule has 6 nitrogen and oxygen atoms in total. The Labute approximate surface area is 154 Å². The first-order valence-electron chi connectivity index (χ1n) is 8.65. The summed E-state index contributed by atoms with van der Waals surface area (Å²) in [6.07, 6.45) is 0.682. The van der Waals surface area contributed by atoms with Crippen molar-refractivity contribution >= 4 is 29.9 Å². The molecule has 3 N–H and O–H groups in total. The van der Waals surface area contributed by atoms with Crippen LogP contribution in [0.1, 0.15) is 18.9 Å². The van der Waals surface area contributed by atoms with Crippen molar-refractivity contribution in [2.75, 3.05) is 31.1 Å². The molecule has 2 aliphatic rings. The van der Waals surface area contributed by atoms with Crippen LogP contribution >= 0.6 is 12.4 Å². The van der Waals surface area contributed by atoms with E-state index in [1.165, 1.54) is 0 Å². The number of aliphatic hydroxyl groups is 1. The van der Waals surface area contributed by atoms with Gasteiger partial charge in [-0.05, 0) is 18.1 Å². The van der Waals surface area contributed by atoms with Gasteiger partial charge in [0, 0.05) is 44.2 Å². The topological polar surface area (TPSA) is 81.7 Å². The number of halogens is 1. The van der Waals surface area contributed by atoms with E-state index in [4.69, 9.17) is 0 Å². The molecule has 2 heterocycles. The number of benzene rings is 1. The number of nitrogens with zero attached hydrogens (tertiary/aromatic N) is 1. The Bertz CT molecular complexity index is 625. The van der Waals surface area contributed by atoms with E-state index in [2.05, 4.69) is 17.6 Å². The number of carbonyl (C=O) groups is 2. The number of hydrogen-bond donors (Lipinski definition) is 3. The number of amides is 2. The number of anilines is 1. The normalized spacial score (nSPS) is 25.8. The first-order valence-corrected chi connectivity index (χ1v) is 8.65. The molecule has 138 valence electrons. The molecule has 0 aromatic heterocycles. The number of carbonyl (C=O) groups excluding carboxylic acids is 2. The summed E-state index contributed by atoms with van der Waals surface area (Å²) in [5, 5.41) is 15.8. The van der Waals surface area contributed by atoms with Gasteiger partial charge in [0.2, 0.25) is 11.8 Å². The highest BCUT2D eigenvalue weighted by molar-refractivity contribution is 6.00. The fourth-order valence-electron chi connectivity index (χ4n) is 3.49. The second-order valence-corrected chi connectivity index (χ2v) is 6.62. The molecular weight excluding hydrogens is 342 g/mol. The molecule has 3 unspecified atom stereocenters. The lowest BCUT2D eigenvalue weighted by atomic mass is 10.0. The molecule has 2 fully saturated rings. The number of aryl methyl sites for hydroxylation is 1. The molecule has 0 radical (unpaired) electrons. The van der Waals surface area contributed by atoms with Crippen LogP contribution in [-0.4, -0.2) is 49.2 Å². The van der Waals surface area contributed by atoms with E-state index in [1.807, 2.05) is 24.3 Å². The molecule has 3 atom stereocenters. The molecule has 25 heavy (non-hydrogen) atoms. The third kappa shape index (κ3) is 4.32. The molecule has 2 aliphatic heterocycles. The van der Waals surface area contributed by atoms with Gasteiger partial charge in [0.25, 0.3) is 0 Å². The maximum absolute atomic E-state index is 12.4. The van der Waals surface area contributed by atoms with Gasteiger partial charge < -0.3 is 20.6 Å². The zero-order chi connectivity index (χ0) is 17.1. The Hall–Kier alpha value is -1.63. The zero-order valence-electron chi connectivity index (χ0n) is 14.4. The van der Waals surface area contributed by atoms with Crippen molar-refractivity contribution in [2.24, 2.45) is 11.8 Å². The van der Waals surface area contributed by atoms with Crippen LogP contribution in [-0.2, 0) is 16.0 Å². The minimum absolute atomic E-state index is 0. The average molecular weight is 368 g/mol. The SMILES string of the molecule is CCc1ccccc1N1CC(C(=O)NCC2CNCC2O)CC1=O.Cl. The lowest BCUT2D eigenvalue weighted by Gasteiger charge is -2.20. The van der Waals surface area contributed by atoms with E-state index in [-0.39, 0.29) is 42.5 Å². The van der Waals surface area contributed by atoms with Crippen LogP contribution in [0.25, 0.3) is 0 Å². The molecule has 7 heteroatoms. The largest absolute Gasteiger partial charge is 0.391 e. The highest BCUT2D eigenvalue weighted by Gasteiger charge is 2.36. The van der Waals surface area contributed by atoms with Crippen LogP contribution in [0.5, 0.6) is 0 Å². The highest BCUT2D eigenvalue weighted by atomic mass is 35.5. The van der Waals surface area contributed by atoms with E-state index in [9.17, 15) is 14.7 Å². The fourth-order valence-corrected chi connectivity index (χ4v) is 3.49. The number of rotatable bonds is 5.